The lowest BCUT2D eigenvalue weighted by molar-refractivity contribution is -0.128. The van der Waals surface area contributed by atoms with E-state index in [9.17, 15) is 9.59 Å². The van der Waals surface area contributed by atoms with Gasteiger partial charge in [0.2, 0.25) is 5.91 Å². The molecule has 0 atom stereocenters. The lowest BCUT2D eigenvalue weighted by Crippen LogP contribution is -2.21. The van der Waals surface area contributed by atoms with Crippen molar-refractivity contribution in [2.45, 2.75) is 12.8 Å². The second-order valence-electron chi connectivity index (χ2n) is 6.98. The molecule has 0 fully saturated rings. The fraction of sp³-hybridized carbons (Fsp3) is 0.167. The van der Waals surface area contributed by atoms with Gasteiger partial charge in [0.25, 0.3) is 5.91 Å². The lowest BCUT2D eigenvalue weighted by atomic mass is 10.1. The molecule has 0 unspecified atom stereocenters. The van der Waals surface area contributed by atoms with Gasteiger partial charge in [-0.15, -0.1) is 0 Å². The van der Waals surface area contributed by atoms with Crippen molar-refractivity contribution in [3.8, 4) is 0 Å². The van der Waals surface area contributed by atoms with Gasteiger partial charge < -0.3 is 15.5 Å². The summed E-state index contributed by atoms with van der Waals surface area (Å²) in [7, 11) is 3.51. The highest BCUT2D eigenvalue weighted by atomic mass is 16.2. The zero-order valence-corrected chi connectivity index (χ0v) is 16.7. The van der Waals surface area contributed by atoms with Crippen molar-refractivity contribution in [3.63, 3.8) is 0 Å². The molecule has 2 amide bonds. The summed E-state index contributed by atoms with van der Waals surface area (Å²) < 4.78 is 0. The van der Waals surface area contributed by atoms with Crippen LogP contribution in [-0.2, 0) is 11.2 Å². The SMILES string of the molecule is CN(C)C(=O)CCc1ccc(NC(=O)c2ccccc2Nc2ccccc2)cc1. The first-order chi connectivity index (χ1) is 14.0. The van der Waals surface area contributed by atoms with Gasteiger partial charge in [0.15, 0.2) is 0 Å². The Morgan fingerprint density at radius 2 is 1.45 bits per heavy atom. The highest BCUT2D eigenvalue weighted by molar-refractivity contribution is 6.08. The van der Waals surface area contributed by atoms with Gasteiger partial charge in [0, 0.05) is 31.9 Å². The largest absolute Gasteiger partial charge is 0.355 e. The molecular formula is C24H25N3O2. The third-order valence-corrected chi connectivity index (χ3v) is 4.56. The summed E-state index contributed by atoms with van der Waals surface area (Å²) in [6.45, 7) is 0. The smallest absolute Gasteiger partial charge is 0.257 e. The van der Waals surface area contributed by atoms with Gasteiger partial charge in [-0.25, -0.2) is 0 Å². The molecule has 29 heavy (non-hydrogen) atoms. The van der Waals surface area contributed by atoms with Crippen LogP contribution in [0.3, 0.4) is 0 Å². The number of benzene rings is 3. The first kappa shape index (κ1) is 20.1. The van der Waals surface area contributed by atoms with Crippen molar-refractivity contribution < 1.29 is 9.59 Å². The van der Waals surface area contributed by atoms with Crippen LogP contribution in [0.15, 0.2) is 78.9 Å². The van der Waals surface area contributed by atoms with Gasteiger partial charge in [-0.3, -0.25) is 9.59 Å². The first-order valence-electron chi connectivity index (χ1n) is 9.54. The maximum Gasteiger partial charge on any atom is 0.257 e. The Morgan fingerprint density at radius 1 is 0.793 bits per heavy atom. The van der Waals surface area contributed by atoms with E-state index >= 15 is 0 Å². The molecule has 0 saturated carbocycles. The molecule has 3 rings (SSSR count). The molecule has 5 nitrogen and oxygen atoms in total. The highest BCUT2D eigenvalue weighted by Gasteiger charge is 2.12. The molecule has 0 aromatic heterocycles. The van der Waals surface area contributed by atoms with Gasteiger partial charge in [0.05, 0.1) is 11.3 Å². The van der Waals surface area contributed by atoms with Crippen molar-refractivity contribution in [2.75, 3.05) is 24.7 Å². The molecule has 3 aromatic carbocycles. The van der Waals surface area contributed by atoms with Crippen LogP contribution >= 0.6 is 0 Å². The molecule has 5 heteroatoms. The van der Waals surface area contributed by atoms with Crippen molar-refractivity contribution >= 4 is 28.9 Å². The maximum atomic E-state index is 12.8. The number of nitrogens with one attached hydrogen (secondary N) is 2. The summed E-state index contributed by atoms with van der Waals surface area (Å²) >= 11 is 0. The summed E-state index contributed by atoms with van der Waals surface area (Å²) in [6, 6.07) is 24.8. The number of rotatable bonds is 7. The normalized spacial score (nSPS) is 10.3. The molecule has 3 aromatic rings. The summed E-state index contributed by atoms with van der Waals surface area (Å²) in [5, 5.41) is 6.23. The molecule has 2 N–H and O–H groups in total. The number of hydrogen-bond acceptors (Lipinski definition) is 3. The number of nitrogens with zero attached hydrogens (tertiary/aromatic N) is 1. The van der Waals surface area contributed by atoms with Crippen LogP contribution in [0.25, 0.3) is 0 Å². The second-order valence-corrected chi connectivity index (χ2v) is 6.98. The number of carbonyl (C=O) groups excluding carboxylic acids is 2. The Balaban J connectivity index is 1.65. The van der Waals surface area contributed by atoms with E-state index in [1.165, 1.54) is 0 Å². The van der Waals surface area contributed by atoms with Gasteiger partial charge in [-0.2, -0.15) is 0 Å². The Morgan fingerprint density at radius 3 is 2.14 bits per heavy atom. The van der Waals surface area contributed by atoms with Crippen molar-refractivity contribution in [1.82, 2.24) is 4.90 Å². The van der Waals surface area contributed by atoms with Crippen LogP contribution in [0.2, 0.25) is 0 Å². The van der Waals surface area contributed by atoms with Crippen molar-refractivity contribution in [1.29, 1.82) is 0 Å². The van der Waals surface area contributed by atoms with Crippen molar-refractivity contribution in [3.05, 3.63) is 90.0 Å². The van der Waals surface area contributed by atoms with Crippen LogP contribution in [-0.4, -0.2) is 30.8 Å². The van der Waals surface area contributed by atoms with Crippen LogP contribution in [0.1, 0.15) is 22.3 Å². The molecule has 148 valence electrons. The highest BCUT2D eigenvalue weighted by Crippen LogP contribution is 2.22. The second kappa shape index (κ2) is 9.55. The minimum atomic E-state index is -0.181. The van der Waals surface area contributed by atoms with Crippen LogP contribution in [0.4, 0.5) is 17.1 Å². The lowest BCUT2D eigenvalue weighted by Gasteiger charge is -2.13. The molecule has 0 aliphatic carbocycles. The molecule has 0 saturated heterocycles. The number of para-hydroxylation sites is 2. The van der Waals surface area contributed by atoms with Gasteiger partial charge in [-0.05, 0) is 48.4 Å². The van der Waals surface area contributed by atoms with E-state index in [-0.39, 0.29) is 11.8 Å². The summed E-state index contributed by atoms with van der Waals surface area (Å²) in [5.41, 5.74) is 4.01. The standard InChI is InChI=1S/C24H25N3O2/c1-27(2)23(28)17-14-18-12-15-20(16-13-18)26-24(29)21-10-6-7-11-22(21)25-19-8-4-3-5-9-19/h3-13,15-16,25H,14,17H2,1-2H3,(H,26,29). The van der Waals surface area contributed by atoms with E-state index < -0.39 is 0 Å². The number of aryl methyl sites for hydroxylation is 1. The Labute approximate surface area is 171 Å². The van der Waals surface area contributed by atoms with Gasteiger partial charge in [0.1, 0.15) is 0 Å². The Kier molecular flexibility index (Phi) is 6.63. The number of amides is 2. The third-order valence-electron chi connectivity index (χ3n) is 4.56. The van der Waals surface area contributed by atoms with Crippen molar-refractivity contribution in [2.24, 2.45) is 0 Å². The number of carbonyl (C=O) groups is 2. The fourth-order valence-electron chi connectivity index (χ4n) is 2.90. The van der Waals surface area contributed by atoms with E-state index in [0.29, 0.717) is 24.1 Å². The van der Waals surface area contributed by atoms with Crippen LogP contribution < -0.4 is 10.6 Å². The molecular weight excluding hydrogens is 362 g/mol. The first-order valence-corrected chi connectivity index (χ1v) is 9.54. The van der Waals surface area contributed by atoms with Crippen LogP contribution in [0.5, 0.6) is 0 Å². The summed E-state index contributed by atoms with van der Waals surface area (Å²) in [5.74, 6) is -0.0792. The molecule has 0 bridgehead atoms. The zero-order chi connectivity index (χ0) is 20.6. The number of anilines is 3. The van der Waals surface area contributed by atoms with E-state index in [2.05, 4.69) is 10.6 Å². The topological polar surface area (TPSA) is 61.4 Å². The molecule has 0 aliphatic heterocycles. The predicted octanol–water partition coefficient (Wildman–Crippen LogP) is 4.70. The quantitative estimate of drug-likeness (QED) is 0.618. The van der Waals surface area contributed by atoms with Gasteiger partial charge in [-0.1, -0.05) is 42.5 Å². The summed E-state index contributed by atoms with van der Waals surface area (Å²) in [6.07, 6.45) is 1.15. The molecule has 0 spiro atoms. The molecule has 0 aliphatic rings. The number of hydrogen-bond donors (Lipinski definition) is 2. The zero-order valence-electron chi connectivity index (χ0n) is 16.7. The van der Waals surface area contributed by atoms with Gasteiger partial charge >= 0.3 is 0 Å². The predicted molar refractivity (Wildman–Crippen MR) is 118 cm³/mol. The molecule has 0 heterocycles. The Hall–Kier alpha value is -3.60. The third kappa shape index (κ3) is 5.69. The molecule has 0 radical (unpaired) electrons. The minimum Gasteiger partial charge on any atom is -0.355 e. The van der Waals surface area contributed by atoms with E-state index in [1.54, 1.807) is 25.1 Å². The summed E-state index contributed by atoms with van der Waals surface area (Å²) in [4.78, 5) is 26.1. The Bertz CT molecular complexity index is 967. The van der Waals surface area contributed by atoms with E-state index in [1.807, 2.05) is 72.8 Å². The fourth-order valence-corrected chi connectivity index (χ4v) is 2.90. The van der Waals surface area contributed by atoms with Crippen LogP contribution in [0, 0.1) is 0 Å². The monoisotopic (exact) mass is 387 g/mol. The average molecular weight is 387 g/mol. The minimum absolute atomic E-state index is 0.102. The average Bonchev–Trinajstić information content (AvgIpc) is 2.74. The maximum absolute atomic E-state index is 12.8. The van der Waals surface area contributed by atoms with E-state index in [4.69, 9.17) is 0 Å². The van der Waals surface area contributed by atoms with E-state index in [0.717, 1.165) is 16.9 Å².